The van der Waals surface area contributed by atoms with Crippen molar-refractivity contribution in [2.75, 3.05) is 0 Å². The summed E-state index contributed by atoms with van der Waals surface area (Å²) in [5.41, 5.74) is -0.285. The third-order valence-corrected chi connectivity index (χ3v) is 1.64. The highest BCUT2D eigenvalue weighted by Crippen LogP contribution is 2.21. The minimum Gasteiger partial charge on any atom is -0.442 e. The summed E-state index contributed by atoms with van der Waals surface area (Å²) in [4.78, 5) is 10.6. The van der Waals surface area contributed by atoms with Gasteiger partial charge in [0.05, 0.1) is 0 Å². The van der Waals surface area contributed by atoms with Crippen LogP contribution in [0.4, 0.5) is 8.78 Å². The first-order valence-corrected chi connectivity index (χ1v) is 4.06. The maximum atomic E-state index is 13.1. The van der Waals surface area contributed by atoms with E-state index in [1.807, 2.05) is 0 Å². The van der Waals surface area contributed by atoms with Crippen molar-refractivity contribution in [1.29, 1.82) is 5.26 Å². The van der Waals surface area contributed by atoms with E-state index in [1.54, 1.807) is 6.07 Å². The standard InChI is InChI=1S/C10H7F2NO2/c1-6(14)15-10(5-13)8-4-7(11)2-3-9(8)12/h2-4,10H,1H3/t10-/m0/s1. The Balaban J connectivity index is 3.07. The van der Waals surface area contributed by atoms with Gasteiger partial charge in [0.2, 0.25) is 6.10 Å². The van der Waals surface area contributed by atoms with E-state index < -0.39 is 23.7 Å². The third-order valence-electron chi connectivity index (χ3n) is 1.64. The van der Waals surface area contributed by atoms with E-state index in [0.717, 1.165) is 25.1 Å². The summed E-state index contributed by atoms with van der Waals surface area (Å²) >= 11 is 0. The minimum absolute atomic E-state index is 0.285. The van der Waals surface area contributed by atoms with Crippen molar-refractivity contribution < 1.29 is 18.3 Å². The highest BCUT2D eigenvalue weighted by atomic mass is 19.1. The monoisotopic (exact) mass is 211 g/mol. The molecule has 0 unspecified atom stereocenters. The summed E-state index contributed by atoms with van der Waals surface area (Å²) in [5, 5.41) is 8.63. The number of esters is 1. The molecule has 0 aliphatic carbocycles. The maximum absolute atomic E-state index is 13.1. The van der Waals surface area contributed by atoms with Gasteiger partial charge in [0, 0.05) is 12.5 Å². The second-order valence-electron chi connectivity index (χ2n) is 2.78. The smallest absolute Gasteiger partial charge is 0.304 e. The molecule has 0 spiro atoms. The Hall–Kier alpha value is -1.96. The molecule has 0 aliphatic rings. The molecule has 0 saturated carbocycles. The van der Waals surface area contributed by atoms with Crippen LogP contribution < -0.4 is 0 Å². The molecule has 1 aromatic rings. The van der Waals surface area contributed by atoms with Crippen molar-refractivity contribution in [3.05, 3.63) is 35.4 Å². The number of benzene rings is 1. The zero-order valence-corrected chi connectivity index (χ0v) is 7.83. The predicted molar refractivity (Wildman–Crippen MR) is 46.5 cm³/mol. The Morgan fingerprint density at radius 1 is 1.53 bits per heavy atom. The van der Waals surface area contributed by atoms with Crippen LogP contribution in [0.2, 0.25) is 0 Å². The predicted octanol–water partition coefficient (Wildman–Crippen LogP) is 2.09. The van der Waals surface area contributed by atoms with E-state index >= 15 is 0 Å². The van der Waals surface area contributed by atoms with Crippen molar-refractivity contribution >= 4 is 5.97 Å². The SMILES string of the molecule is CC(=O)O[C@@H](C#N)c1cc(F)ccc1F. The van der Waals surface area contributed by atoms with Crippen LogP contribution in [0.1, 0.15) is 18.6 Å². The van der Waals surface area contributed by atoms with Gasteiger partial charge < -0.3 is 4.74 Å². The molecule has 0 aliphatic heterocycles. The zero-order valence-electron chi connectivity index (χ0n) is 7.83. The molecular weight excluding hydrogens is 204 g/mol. The second-order valence-corrected chi connectivity index (χ2v) is 2.78. The Bertz CT molecular complexity index is 426. The van der Waals surface area contributed by atoms with Crippen LogP contribution in [0.15, 0.2) is 18.2 Å². The Kier molecular flexibility index (Phi) is 3.34. The van der Waals surface area contributed by atoms with Gasteiger partial charge >= 0.3 is 5.97 Å². The van der Waals surface area contributed by atoms with E-state index in [9.17, 15) is 13.6 Å². The highest BCUT2D eigenvalue weighted by Gasteiger charge is 2.18. The van der Waals surface area contributed by atoms with E-state index in [2.05, 4.69) is 4.74 Å². The average Bonchev–Trinajstić information content (AvgIpc) is 2.18. The Morgan fingerprint density at radius 2 is 2.20 bits per heavy atom. The second kappa shape index (κ2) is 4.51. The molecule has 78 valence electrons. The largest absolute Gasteiger partial charge is 0.442 e. The number of ether oxygens (including phenoxy) is 1. The van der Waals surface area contributed by atoms with Crippen molar-refractivity contribution in [3.8, 4) is 6.07 Å². The van der Waals surface area contributed by atoms with Gasteiger partial charge in [0.1, 0.15) is 17.7 Å². The molecule has 0 aromatic heterocycles. The molecule has 0 heterocycles. The third kappa shape index (κ3) is 2.74. The summed E-state index contributed by atoms with van der Waals surface area (Å²) in [6.45, 7) is 1.08. The van der Waals surface area contributed by atoms with Gasteiger partial charge in [-0.2, -0.15) is 5.26 Å². The van der Waals surface area contributed by atoms with Crippen molar-refractivity contribution in [3.63, 3.8) is 0 Å². The lowest BCUT2D eigenvalue weighted by Gasteiger charge is -2.10. The number of hydrogen-bond donors (Lipinski definition) is 0. The average molecular weight is 211 g/mol. The van der Waals surface area contributed by atoms with Crippen LogP contribution in [0.5, 0.6) is 0 Å². The molecule has 0 fully saturated rings. The van der Waals surface area contributed by atoms with Crippen LogP contribution in [0.25, 0.3) is 0 Å². The molecule has 0 bridgehead atoms. The van der Waals surface area contributed by atoms with Gasteiger partial charge in [0.25, 0.3) is 0 Å². The van der Waals surface area contributed by atoms with Gasteiger partial charge in [-0.15, -0.1) is 0 Å². The first kappa shape index (κ1) is 11.1. The lowest BCUT2D eigenvalue weighted by atomic mass is 10.1. The first-order chi connectivity index (χ1) is 7.04. The quantitative estimate of drug-likeness (QED) is 0.704. The number of halogens is 2. The topological polar surface area (TPSA) is 50.1 Å². The van der Waals surface area contributed by atoms with Gasteiger partial charge in [-0.05, 0) is 18.2 Å². The van der Waals surface area contributed by atoms with Gasteiger partial charge in [0.15, 0.2) is 0 Å². The normalized spacial score (nSPS) is 11.6. The Labute approximate surface area is 84.9 Å². The number of rotatable bonds is 2. The molecule has 1 atom stereocenters. The van der Waals surface area contributed by atoms with E-state index in [1.165, 1.54) is 0 Å². The minimum atomic E-state index is -1.42. The van der Waals surface area contributed by atoms with E-state index in [0.29, 0.717) is 0 Å². The fraction of sp³-hybridized carbons (Fsp3) is 0.200. The highest BCUT2D eigenvalue weighted by molar-refractivity contribution is 5.66. The van der Waals surface area contributed by atoms with Gasteiger partial charge in [-0.3, -0.25) is 4.79 Å². The molecule has 3 nitrogen and oxygen atoms in total. The zero-order chi connectivity index (χ0) is 11.4. The molecule has 5 heteroatoms. The summed E-state index contributed by atoms with van der Waals surface area (Å²) in [6, 6.07) is 4.18. The molecule has 15 heavy (non-hydrogen) atoms. The van der Waals surface area contributed by atoms with Crippen LogP contribution in [0, 0.1) is 23.0 Å². The molecule has 0 N–H and O–H groups in total. The van der Waals surface area contributed by atoms with E-state index in [-0.39, 0.29) is 5.56 Å². The fourth-order valence-corrected chi connectivity index (χ4v) is 1.04. The fourth-order valence-electron chi connectivity index (χ4n) is 1.04. The van der Waals surface area contributed by atoms with Crippen LogP contribution in [-0.2, 0) is 9.53 Å². The summed E-state index contributed by atoms with van der Waals surface area (Å²) in [6.07, 6.45) is -1.42. The molecule has 0 saturated heterocycles. The molecular formula is C10H7F2NO2. The Morgan fingerprint density at radius 3 is 2.73 bits per heavy atom. The number of carbonyl (C=O) groups excluding carboxylic acids is 1. The van der Waals surface area contributed by atoms with Crippen LogP contribution >= 0.6 is 0 Å². The number of carbonyl (C=O) groups is 1. The number of hydrogen-bond acceptors (Lipinski definition) is 3. The van der Waals surface area contributed by atoms with Crippen LogP contribution in [-0.4, -0.2) is 5.97 Å². The van der Waals surface area contributed by atoms with E-state index in [4.69, 9.17) is 5.26 Å². The lowest BCUT2D eigenvalue weighted by molar-refractivity contribution is -0.144. The molecule has 1 rings (SSSR count). The number of nitriles is 1. The molecule has 0 radical (unpaired) electrons. The maximum Gasteiger partial charge on any atom is 0.304 e. The van der Waals surface area contributed by atoms with Gasteiger partial charge in [-0.25, -0.2) is 8.78 Å². The van der Waals surface area contributed by atoms with Crippen molar-refractivity contribution in [2.24, 2.45) is 0 Å². The molecule has 0 amide bonds. The van der Waals surface area contributed by atoms with Crippen molar-refractivity contribution in [2.45, 2.75) is 13.0 Å². The number of nitrogens with zero attached hydrogens (tertiary/aromatic N) is 1. The lowest BCUT2D eigenvalue weighted by Crippen LogP contribution is -2.08. The first-order valence-electron chi connectivity index (χ1n) is 4.06. The molecule has 1 aromatic carbocycles. The van der Waals surface area contributed by atoms with Crippen molar-refractivity contribution in [1.82, 2.24) is 0 Å². The van der Waals surface area contributed by atoms with Gasteiger partial charge in [-0.1, -0.05) is 0 Å². The summed E-state index contributed by atoms with van der Waals surface area (Å²) in [5.74, 6) is -2.21. The summed E-state index contributed by atoms with van der Waals surface area (Å²) in [7, 11) is 0. The summed E-state index contributed by atoms with van der Waals surface area (Å²) < 4.78 is 30.4. The van der Waals surface area contributed by atoms with Crippen LogP contribution in [0.3, 0.4) is 0 Å².